The highest BCUT2D eigenvalue weighted by Gasteiger charge is 2.33. The lowest BCUT2D eigenvalue weighted by molar-refractivity contribution is 0.0429. The Bertz CT molecular complexity index is 699. The normalized spacial score (nSPS) is 14.9. The van der Waals surface area contributed by atoms with E-state index in [1.165, 1.54) is 22.7 Å². The SMILES string of the molecule is CN(SN(C)C(=O)OC(C)(C)C)C(=O)Oc1cccc2c1OC(C)(C)C2. The monoisotopic (exact) mass is 382 g/mol. The molecule has 1 aromatic rings. The number of ether oxygens (including phenoxy) is 3. The van der Waals surface area contributed by atoms with E-state index in [2.05, 4.69) is 0 Å². The van der Waals surface area contributed by atoms with E-state index < -0.39 is 17.8 Å². The lowest BCUT2D eigenvalue weighted by atomic mass is 10.0. The lowest BCUT2D eigenvalue weighted by Crippen LogP contribution is -2.34. The van der Waals surface area contributed by atoms with Gasteiger partial charge in [0.25, 0.3) is 0 Å². The van der Waals surface area contributed by atoms with Gasteiger partial charge in [0.1, 0.15) is 11.2 Å². The number of amides is 2. The number of carbonyl (C=O) groups is 2. The number of fused-ring (bicyclic) bond motifs is 1. The largest absolute Gasteiger partial charge is 0.483 e. The molecule has 1 aromatic carbocycles. The van der Waals surface area contributed by atoms with Crippen LogP contribution in [0, 0.1) is 0 Å². The average Bonchev–Trinajstić information content (AvgIpc) is 2.80. The molecule has 0 aromatic heterocycles. The van der Waals surface area contributed by atoms with Crippen LogP contribution in [-0.4, -0.2) is 46.1 Å². The van der Waals surface area contributed by atoms with Gasteiger partial charge in [-0.2, -0.15) is 0 Å². The maximum atomic E-state index is 12.4. The van der Waals surface area contributed by atoms with Crippen molar-refractivity contribution in [1.82, 2.24) is 8.61 Å². The molecule has 144 valence electrons. The van der Waals surface area contributed by atoms with E-state index >= 15 is 0 Å². The Morgan fingerprint density at radius 2 is 1.77 bits per heavy atom. The minimum Gasteiger partial charge on any atom is -0.483 e. The molecule has 0 spiro atoms. The van der Waals surface area contributed by atoms with Crippen LogP contribution >= 0.6 is 12.1 Å². The molecule has 0 saturated heterocycles. The van der Waals surface area contributed by atoms with E-state index in [0.717, 1.165) is 24.1 Å². The Morgan fingerprint density at radius 1 is 1.15 bits per heavy atom. The molecule has 2 amide bonds. The predicted octanol–water partition coefficient (Wildman–Crippen LogP) is 4.26. The molecular weight excluding hydrogens is 356 g/mol. The fourth-order valence-corrected chi connectivity index (χ4v) is 2.98. The third-order valence-corrected chi connectivity index (χ3v) is 4.19. The quantitative estimate of drug-likeness (QED) is 0.728. The van der Waals surface area contributed by atoms with E-state index in [4.69, 9.17) is 14.2 Å². The summed E-state index contributed by atoms with van der Waals surface area (Å²) >= 11 is 0.886. The molecule has 26 heavy (non-hydrogen) atoms. The zero-order chi connectivity index (χ0) is 19.7. The van der Waals surface area contributed by atoms with Gasteiger partial charge in [-0.25, -0.2) is 18.2 Å². The summed E-state index contributed by atoms with van der Waals surface area (Å²) < 4.78 is 19.0. The van der Waals surface area contributed by atoms with Crippen molar-refractivity contribution in [3.63, 3.8) is 0 Å². The van der Waals surface area contributed by atoms with Gasteiger partial charge in [0.05, 0.1) is 12.1 Å². The van der Waals surface area contributed by atoms with Crippen molar-refractivity contribution in [3.8, 4) is 11.5 Å². The Labute approximate surface area is 158 Å². The van der Waals surface area contributed by atoms with Gasteiger partial charge < -0.3 is 14.2 Å². The van der Waals surface area contributed by atoms with Gasteiger partial charge in [0, 0.05) is 26.1 Å². The zero-order valence-electron chi connectivity index (χ0n) is 16.3. The average molecular weight is 382 g/mol. The van der Waals surface area contributed by atoms with Gasteiger partial charge in [0.15, 0.2) is 11.5 Å². The predicted molar refractivity (Wildman–Crippen MR) is 100 cm³/mol. The van der Waals surface area contributed by atoms with Crippen molar-refractivity contribution in [2.24, 2.45) is 0 Å². The highest BCUT2D eigenvalue weighted by Crippen LogP contribution is 2.42. The van der Waals surface area contributed by atoms with Crippen molar-refractivity contribution in [2.75, 3.05) is 14.1 Å². The van der Waals surface area contributed by atoms with Crippen LogP contribution in [0.4, 0.5) is 9.59 Å². The molecular formula is C18H26N2O5S. The van der Waals surface area contributed by atoms with E-state index in [0.29, 0.717) is 11.5 Å². The van der Waals surface area contributed by atoms with E-state index in [1.54, 1.807) is 26.8 Å². The minimum atomic E-state index is -0.618. The fourth-order valence-electron chi connectivity index (χ4n) is 2.40. The lowest BCUT2D eigenvalue weighted by Gasteiger charge is -2.26. The van der Waals surface area contributed by atoms with Crippen LogP contribution in [0.1, 0.15) is 40.2 Å². The Morgan fingerprint density at radius 3 is 2.38 bits per heavy atom. The van der Waals surface area contributed by atoms with Crippen LogP contribution in [0.25, 0.3) is 0 Å². The summed E-state index contributed by atoms with van der Waals surface area (Å²) in [6.07, 6.45) is -0.417. The number of hydrogen-bond donors (Lipinski definition) is 0. The minimum absolute atomic E-state index is 0.331. The summed E-state index contributed by atoms with van der Waals surface area (Å²) in [5, 5.41) is 0. The highest BCUT2D eigenvalue weighted by molar-refractivity contribution is 7.95. The molecule has 0 N–H and O–H groups in total. The maximum Gasteiger partial charge on any atom is 0.426 e. The van der Waals surface area contributed by atoms with E-state index in [9.17, 15) is 9.59 Å². The number of hydrogen-bond acceptors (Lipinski definition) is 6. The van der Waals surface area contributed by atoms with Crippen LogP contribution in [0.5, 0.6) is 11.5 Å². The molecule has 0 bridgehead atoms. The fraction of sp³-hybridized carbons (Fsp3) is 0.556. The molecule has 1 heterocycles. The molecule has 0 atom stereocenters. The summed E-state index contributed by atoms with van der Waals surface area (Å²) in [5.74, 6) is 0.954. The van der Waals surface area contributed by atoms with E-state index in [-0.39, 0.29) is 5.60 Å². The van der Waals surface area contributed by atoms with Gasteiger partial charge in [0.2, 0.25) is 0 Å². The van der Waals surface area contributed by atoms with E-state index in [1.807, 2.05) is 26.0 Å². The molecule has 1 aliphatic heterocycles. The highest BCUT2D eigenvalue weighted by atomic mass is 32.2. The molecule has 2 rings (SSSR count). The second kappa shape index (κ2) is 7.26. The van der Waals surface area contributed by atoms with Crippen LogP contribution < -0.4 is 9.47 Å². The topological polar surface area (TPSA) is 68.3 Å². The second-order valence-corrected chi connectivity index (χ2v) is 8.97. The molecule has 0 fully saturated rings. The molecule has 7 nitrogen and oxygen atoms in total. The first-order chi connectivity index (χ1) is 11.9. The Kier molecular flexibility index (Phi) is 5.65. The molecule has 1 aliphatic rings. The summed E-state index contributed by atoms with van der Waals surface area (Å²) in [5.41, 5.74) is 0.0591. The zero-order valence-corrected chi connectivity index (χ0v) is 17.1. The third-order valence-electron chi connectivity index (χ3n) is 3.40. The molecule has 8 heteroatoms. The van der Waals surface area contributed by atoms with Crippen molar-refractivity contribution < 1.29 is 23.8 Å². The van der Waals surface area contributed by atoms with Crippen LogP contribution in [0.15, 0.2) is 18.2 Å². The number of nitrogens with zero attached hydrogens (tertiary/aromatic N) is 2. The van der Waals surface area contributed by atoms with Crippen molar-refractivity contribution in [2.45, 2.75) is 52.2 Å². The third kappa shape index (κ3) is 5.20. The van der Waals surface area contributed by atoms with Crippen LogP contribution in [0.3, 0.4) is 0 Å². The van der Waals surface area contributed by atoms with Gasteiger partial charge in [-0.3, -0.25) is 0 Å². The summed E-state index contributed by atoms with van der Waals surface area (Å²) in [6.45, 7) is 9.29. The Hall–Kier alpha value is -2.09. The first-order valence-corrected chi connectivity index (χ1v) is 9.02. The first kappa shape index (κ1) is 20.2. The Balaban J connectivity index is 1.99. The molecule has 0 aliphatic carbocycles. The van der Waals surface area contributed by atoms with Crippen molar-refractivity contribution in [3.05, 3.63) is 23.8 Å². The molecule has 0 radical (unpaired) electrons. The summed E-state index contributed by atoms with van der Waals surface area (Å²) in [6, 6.07) is 5.47. The van der Waals surface area contributed by atoms with Crippen LogP contribution in [-0.2, 0) is 11.2 Å². The standard InChI is InChI=1S/C18H26N2O5S/c1-17(2,3)25-16(22)20(7)26-19(6)15(21)23-13-10-8-9-12-11-18(4,5)24-14(12)13/h8-10H,11H2,1-7H3. The van der Waals surface area contributed by atoms with Crippen molar-refractivity contribution >= 4 is 24.3 Å². The van der Waals surface area contributed by atoms with Gasteiger partial charge in [-0.05, 0) is 40.7 Å². The number of carbonyl (C=O) groups excluding carboxylic acids is 2. The number of rotatable bonds is 3. The number of para-hydroxylation sites is 1. The van der Waals surface area contributed by atoms with Crippen molar-refractivity contribution in [1.29, 1.82) is 0 Å². The van der Waals surface area contributed by atoms with Gasteiger partial charge >= 0.3 is 12.2 Å². The molecule has 0 unspecified atom stereocenters. The number of benzene rings is 1. The van der Waals surface area contributed by atoms with Gasteiger partial charge in [-0.15, -0.1) is 0 Å². The summed E-state index contributed by atoms with van der Waals surface area (Å²) in [4.78, 5) is 24.3. The summed E-state index contributed by atoms with van der Waals surface area (Å²) in [7, 11) is 3.04. The maximum absolute atomic E-state index is 12.4. The second-order valence-electron chi connectivity index (χ2n) is 7.71. The first-order valence-electron chi connectivity index (χ1n) is 8.29. The van der Waals surface area contributed by atoms with Gasteiger partial charge in [-0.1, -0.05) is 12.1 Å². The van der Waals surface area contributed by atoms with Crippen LogP contribution in [0.2, 0.25) is 0 Å². The smallest absolute Gasteiger partial charge is 0.426 e. The molecule has 0 saturated carbocycles.